The Kier molecular flexibility index (Phi) is 5.50. The van der Waals surface area contributed by atoms with E-state index in [1.54, 1.807) is 6.07 Å². The molecule has 0 aromatic heterocycles. The summed E-state index contributed by atoms with van der Waals surface area (Å²) in [5.74, 6) is 1.50. The van der Waals surface area contributed by atoms with Crippen LogP contribution in [0.25, 0.3) is 0 Å². The summed E-state index contributed by atoms with van der Waals surface area (Å²) in [6.07, 6.45) is 1.96. The minimum Gasteiger partial charge on any atom is -0.493 e. The fourth-order valence-electron chi connectivity index (χ4n) is 3.99. The van der Waals surface area contributed by atoms with Gasteiger partial charge in [-0.05, 0) is 36.8 Å². The number of para-hydroxylation sites is 1. The van der Waals surface area contributed by atoms with Crippen molar-refractivity contribution in [2.75, 3.05) is 19.7 Å². The average molecular weight is 414 g/mol. The molecule has 1 saturated heterocycles. The summed E-state index contributed by atoms with van der Waals surface area (Å²) in [7, 11) is 0. The molecule has 2 heterocycles. The molecule has 1 amide bonds. The number of amides is 1. The maximum atomic E-state index is 12.7. The van der Waals surface area contributed by atoms with Gasteiger partial charge in [0.05, 0.1) is 25.0 Å². The van der Waals surface area contributed by atoms with Crippen molar-refractivity contribution in [2.45, 2.75) is 38.2 Å². The molecule has 2 aromatic rings. The number of ketones is 1. The van der Waals surface area contributed by atoms with E-state index in [9.17, 15) is 9.59 Å². The van der Waals surface area contributed by atoms with Crippen molar-refractivity contribution in [1.82, 2.24) is 4.90 Å². The number of piperidine rings is 1. The third-order valence-corrected chi connectivity index (χ3v) is 6.13. The van der Waals surface area contributed by atoms with Gasteiger partial charge in [-0.1, -0.05) is 29.8 Å². The second-order valence-corrected chi connectivity index (χ2v) is 8.18. The average Bonchev–Trinajstić information content (AvgIpc) is 2.71. The highest BCUT2D eigenvalue weighted by molar-refractivity contribution is 6.31. The predicted octanol–water partition coefficient (Wildman–Crippen LogP) is 4.44. The van der Waals surface area contributed by atoms with Gasteiger partial charge in [-0.3, -0.25) is 9.59 Å². The van der Waals surface area contributed by atoms with Crippen molar-refractivity contribution >= 4 is 23.3 Å². The van der Waals surface area contributed by atoms with Gasteiger partial charge in [-0.2, -0.15) is 0 Å². The molecule has 0 bridgehead atoms. The number of carbonyl (C=O) groups excluding carboxylic acids is 2. The lowest BCUT2D eigenvalue weighted by Crippen LogP contribution is -2.52. The zero-order valence-corrected chi connectivity index (χ0v) is 17.2. The molecule has 0 radical (unpaired) electrons. The Morgan fingerprint density at radius 2 is 1.93 bits per heavy atom. The number of likely N-dealkylation sites (tertiary alicyclic amines) is 1. The van der Waals surface area contributed by atoms with Crippen LogP contribution in [0, 0.1) is 6.92 Å². The minimum atomic E-state index is -0.526. The standard InChI is InChI=1S/C23H24ClNO4/c1-16-13-21-18(14-19(16)24)20(26)15-23(29-21)8-10-25(11-9-23)22(27)7-12-28-17-5-3-2-4-6-17/h2-6,13-14H,7-12,15H2,1H3. The highest BCUT2D eigenvalue weighted by Crippen LogP contribution is 2.41. The van der Waals surface area contributed by atoms with Crippen LogP contribution in [0.4, 0.5) is 0 Å². The van der Waals surface area contributed by atoms with Crippen LogP contribution in [0.5, 0.6) is 11.5 Å². The van der Waals surface area contributed by atoms with Gasteiger partial charge in [-0.25, -0.2) is 0 Å². The van der Waals surface area contributed by atoms with Gasteiger partial charge in [0.25, 0.3) is 0 Å². The predicted molar refractivity (Wildman–Crippen MR) is 111 cm³/mol. The zero-order chi connectivity index (χ0) is 20.4. The number of aryl methyl sites for hydroxylation is 1. The van der Waals surface area contributed by atoms with Crippen molar-refractivity contribution in [3.8, 4) is 11.5 Å². The van der Waals surface area contributed by atoms with Gasteiger partial charge in [-0.15, -0.1) is 0 Å². The van der Waals surface area contributed by atoms with E-state index < -0.39 is 5.60 Å². The summed E-state index contributed by atoms with van der Waals surface area (Å²) in [5, 5.41) is 0.579. The maximum Gasteiger partial charge on any atom is 0.226 e. The number of nitrogens with zero attached hydrogens (tertiary/aromatic N) is 1. The van der Waals surface area contributed by atoms with E-state index >= 15 is 0 Å². The van der Waals surface area contributed by atoms with Crippen LogP contribution in [-0.4, -0.2) is 41.9 Å². The molecule has 0 atom stereocenters. The van der Waals surface area contributed by atoms with Gasteiger partial charge in [0, 0.05) is 31.0 Å². The second-order valence-electron chi connectivity index (χ2n) is 7.77. The molecule has 29 heavy (non-hydrogen) atoms. The Balaban J connectivity index is 1.33. The van der Waals surface area contributed by atoms with Crippen molar-refractivity contribution < 1.29 is 19.1 Å². The van der Waals surface area contributed by atoms with E-state index in [4.69, 9.17) is 21.1 Å². The lowest BCUT2D eigenvalue weighted by molar-refractivity contribution is -0.135. The fourth-order valence-corrected chi connectivity index (χ4v) is 4.15. The van der Waals surface area contributed by atoms with Gasteiger partial charge in [0.15, 0.2) is 5.78 Å². The summed E-state index contributed by atoms with van der Waals surface area (Å²) in [5.41, 5.74) is 0.922. The topological polar surface area (TPSA) is 55.8 Å². The molecule has 2 aliphatic heterocycles. The number of benzene rings is 2. The van der Waals surface area contributed by atoms with Gasteiger partial charge in [0.1, 0.15) is 17.1 Å². The van der Waals surface area contributed by atoms with Gasteiger partial charge >= 0.3 is 0 Å². The Bertz CT molecular complexity index is 920. The van der Waals surface area contributed by atoms with E-state index in [2.05, 4.69) is 0 Å². The third-order valence-electron chi connectivity index (χ3n) is 5.73. The molecule has 0 aliphatic carbocycles. The molecule has 0 N–H and O–H groups in total. The van der Waals surface area contributed by atoms with Crippen LogP contribution < -0.4 is 9.47 Å². The Labute approximate surface area is 175 Å². The molecule has 5 nitrogen and oxygen atoms in total. The van der Waals surface area contributed by atoms with E-state index in [-0.39, 0.29) is 11.7 Å². The van der Waals surface area contributed by atoms with Gasteiger partial charge in [0.2, 0.25) is 5.91 Å². The normalized spacial score (nSPS) is 17.6. The van der Waals surface area contributed by atoms with Crippen LogP contribution in [0.2, 0.25) is 5.02 Å². The van der Waals surface area contributed by atoms with Gasteiger partial charge < -0.3 is 14.4 Å². The van der Waals surface area contributed by atoms with E-state index in [1.807, 2.05) is 48.2 Å². The first-order chi connectivity index (χ1) is 14.0. The number of hydrogen-bond acceptors (Lipinski definition) is 4. The highest BCUT2D eigenvalue weighted by Gasteiger charge is 2.43. The fraction of sp³-hybridized carbons (Fsp3) is 0.391. The number of halogens is 1. The molecule has 2 aliphatic rings. The van der Waals surface area contributed by atoms with Crippen LogP contribution in [0.15, 0.2) is 42.5 Å². The molecule has 0 saturated carbocycles. The Morgan fingerprint density at radius 3 is 2.66 bits per heavy atom. The summed E-state index contributed by atoms with van der Waals surface area (Å²) in [4.78, 5) is 27.0. The number of carbonyl (C=O) groups is 2. The molecular formula is C23H24ClNO4. The number of rotatable bonds is 4. The van der Waals surface area contributed by atoms with Crippen LogP contribution >= 0.6 is 11.6 Å². The first-order valence-electron chi connectivity index (χ1n) is 9.94. The molecule has 2 aromatic carbocycles. The van der Waals surface area contributed by atoms with Crippen molar-refractivity contribution in [1.29, 1.82) is 0 Å². The highest BCUT2D eigenvalue weighted by atomic mass is 35.5. The lowest BCUT2D eigenvalue weighted by atomic mass is 9.82. The van der Waals surface area contributed by atoms with Crippen LogP contribution in [0.3, 0.4) is 0 Å². The summed E-state index contributed by atoms with van der Waals surface area (Å²) >= 11 is 6.16. The number of hydrogen-bond donors (Lipinski definition) is 0. The number of fused-ring (bicyclic) bond motifs is 1. The summed E-state index contributed by atoms with van der Waals surface area (Å²) in [6.45, 7) is 3.42. The molecule has 6 heteroatoms. The van der Waals surface area contributed by atoms with E-state index in [0.29, 0.717) is 61.7 Å². The molecule has 1 fully saturated rings. The molecule has 1 spiro atoms. The molecule has 0 unspecified atom stereocenters. The SMILES string of the molecule is Cc1cc2c(cc1Cl)C(=O)CC1(CCN(C(=O)CCOc3ccccc3)CC1)O2. The molecule has 152 valence electrons. The van der Waals surface area contributed by atoms with E-state index in [0.717, 1.165) is 11.3 Å². The Morgan fingerprint density at radius 1 is 1.21 bits per heavy atom. The number of Topliss-reactive ketones (excluding diaryl/α,β-unsaturated/α-hetero) is 1. The van der Waals surface area contributed by atoms with Crippen LogP contribution in [-0.2, 0) is 4.79 Å². The smallest absolute Gasteiger partial charge is 0.226 e. The van der Waals surface area contributed by atoms with Crippen LogP contribution in [0.1, 0.15) is 41.6 Å². The second kappa shape index (κ2) is 8.07. The zero-order valence-electron chi connectivity index (χ0n) is 16.4. The minimum absolute atomic E-state index is 0.0594. The molecular weight excluding hydrogens is 390 g/mol. The van der Waals surface area contributed by atoms with Crippen molar-refractivity contribution in [3.63, 3.8) is 0 Å². The largest absolute Gasteiger partial charge is 0.493 e. The number of ether oxygens (including phenoxy) is 2. The maximum absolute atomic E-state index is 12.7. The Hall–Kier alpha value is -2.53. The lowest BCUT2D eigenvalue weighted by Gasteiger charge is -2.44. The van der Waals surface area contributed by atoms with Crippen molar-refractivity contribution in [3.05, 3.63) is 58.6 Å². The first-order valence-corrected chi connectivity index (χ1v) is 10.3. The first kappa shape index (κ1) is 19.8. The van der Waals surface area contributed by atoms with E-state index in [1.165, 1.54) is 0 Å². The monoisotopic (exact) mass is 413 g/mol. The third kappa shape index (κ3) is 4.25. The van der Waals surface area contributed by atoms with Crippen molar-refractivity contribution in [2.24, 2.45) is 0 Å². The molecule has 4 rings (SSSR count). The summed E-state index contributed by atoms with van der Waals surface area (Å²) < 4.78 is 11.9. The quantitative estimate of drug-likeness (QED) is 0.743. The summed E-state index contributed by atoms with van der Waals surface area (Å²) in [6, 6.07) is 13.0.